The molecule has 5 heterocycles. The van der Waals surface area contributed by atoms with E-state index in [1.54, 1.807) is 35.1 Å². The lowest BCUT2D eigenvalue weighted by Gasteiger charge is -2.26. The summed E-state index contributed by atoms with van der Waals surface area (Å²) in [6.45, 7) is 9.69. The van der Waals surface area contributed by atoms with E-state index in [0.717, 1.165) is 68.1 Å². The van der Waals surface area contributed by atoms with Crippen LogP contribution in [0.2, 0.25) is 0 Å². The first-order valence-electron chi connectivity index (χ1n) is 12.0. The Kier molecular flexibility index (Phi) is 5.34. The first-order valence-corrected chi connectivity index (χ1v) is 12.0. The first-order chi connectivity index (χ1) is 17.0. The summed E-state index contributed by atoms with van der Waals surface area (Å²) >= 11 is 0. The number of nitrogens with zero attached hydrogens (tertiary/aromatic N) is 7. The number of aromatic nitrogens is 5. The Morgan fingerprint density at radius 1 is 0.971 bits per heavy atom. The van der Waals surface area contributed by atoms with Gasteiger partial charge in [0.2, 0.25) is 0 Å². The molecule has 2 amide bonds. The highest BCUT2D eigenvalue weighted by molar-refractivity contribution is 6.21. The number of aryl methyl sites for hydroxylation is 2. The molecular weight excluding hydrogens is 446 g/mol. The fourth-order valence-corrected chi connectivity index (χ4v) is 5.12. The van der Waals surface area contributed by atoms with Crippen molar-refractivity contribution in [1.82, 2.24) is 33.9 Å². The number of benzene rings is 1. The van der Waals surface area contributed by atoms with Crippen molar-refractivity contribution in [2.24, 2.45) is 0 Å². The van der Waals surface area contributed by atoms with E-state index < -0.39 is 0 Å². The van der Waals surface area contributed by atoms with E-state index in [1.807, 2.05) is 0 Å². The molecule has 1 fully saturated rings. The lowest BCUT2D eigenvalue weighted by Crippen LogP contribution is -2.37. The molecule has 6 rings (SSSR count). The molecule has 180 valence electrons. The number of ether oxygens (including phenoxy) is 1. The third-order valence-corrected chi connectivity index (χ3v) is 7.13. The highest BCUT2D eigenvalue weighted by Gasteiger charge is 2.36. The van der Waals surface area contributed by atoms with Crippen LogP contribution < -0.4 is 0 Å². The number of amides is 2. The van der Waals surface area contributed by atoms with Crippen LogP contribution in [0, 0.1) is 13.8 Å². The van der Waals surface area contributed by atoms with E-state index in [9.17, 15) is 9.59 Å². The van der Waals surface area contributed by atoms with Gasteiger partial charge in [0.1, 0.15) is 12.0 Å². The lowest BCUT2D eigenvalue weighted by molar-refractivity contribution is 0.0369. The second-order valence-electron chi connectivity index (χ2n) is 9.15. The fourth-order valence-electron chi connectivity index (χ4n) is 5.12. The molecule has 0 atom stereocenters. The molecule has 0 saturated carbocycles. The predicted molar refractivity (Wildman–Crippen MR) is 128 cm³/mol. The van der Waals surface area contributed by atoms with Gasteiger partial charge < -0.3 is 9.30 Å². The Morgan fingerprint density at radius 3 is 2.40 bits per heavy atom. The molecule has 0 bridgehead atoms. The zero-order valence-electron chi connectivity index (χ0n) is 19.9. The van der Waals surface area contributed by atoms with Gasteiger partial charge in [-0.3, -0.25) is 19.4 Å². The fraction of sp³-hybridized carbons (Fsp3) is 0.400. The zero-order valence-corrected chi connectivity index (χ0v) is 19.9. The molecule has 0 spiro atoms. The Bertz CT molecular complexity index is 1430. The van der Waals surface area contributed by atoms with Crippen LogP contribution in [-0.2, 0) is 17.8 Å². The van der Waals surface area contributed by atoms with Gasteiger partial charge in [0.15, 0.2) is 11.5 Å². The maximum Gasteiger partial charge on any atom is 0.261 e. The van der Waals surface area contributed by atoms with Gasteiger partial charge in [-0.15, -0.1) is 5.10 Å². The zero-order chi connectivity index (χ0) is 24.1. The molecule has 35 heavy (non-hydrogen) atoms. The number of imide groups is 1. The van der Waals surface area contributed by atoms with Gasteiger partial charge in [0.05, 0.1) is 36.3 Å². The molecule has 2 aliphatic rings. The van der Waals surface area contributed by atoms with Crippen molar-refractivity contribution in [3.05, 3.63) is 58.8 Å². The van der Waals surface area contributed by atoms with E-state index >= 15 is 0 Å². The summed E-state index contributed by atoms with van der Waals surface area (Å²) in [6.07, 6.45) is 2.68. The van der Waals surface area contributed by atoms with Crippen LogP contribution in [0.5, 0.6) is 0 Å². The molecule has 0 unspecified atom stereocenters. The largest absolute Gasteiger partial charge is 0.379 e. The highest BCUT2D eigenvalue weighted by atomic mass is 16.5. The summed E-state index contributed by atoms with van der Waals surface area (Å²) in [5.41, 5.74) is 4.69. The van der Waals surface area contributed by atoms with Crippen molar-refractivity contribution in [2.45, 2.75) is 33.4 Å². The van der Waals surface area contributed by atoms with Crippen molar-refractivity contribution in [3.63, 3.8) is 0 Å². The average molecular weight is 474 g/mol. The Hall–Kier alpha value is -3.63. The van der Waals surface area contributed by atoms with Gasteiger partial charge in [0, 0.05) is 31.9 Å². The van der Waals surface area contributed by atoms with Gasteiger partial charge >= 0.3 is 0 Å². The summed E-state index contributed by atoms with van der Waals surface area (Å²) in [7, 11) is 0. The molecular formula is C25H27N7O3. The molecule has 0 radical (unpaired) electrons. The number of carbonyl (C=O) groups excluding carboxylic acids is 2. The summed E-state index contributed by atoms with van der Waals surface area (Å²) in [6, 6.07) is 6.87. The van der Waals surface area contributed by atoms with Crippen LogP contribution >= 0.6 is 0 Å². The van der Waals surface area contributed by atoms with Crippen LogP contribution in [0.4, 0.5) is 0 Å². The third-order valence-electron chi connectivity index (χ3n) is 7.13. The summed E-state index contributed by atoms with van der Waals surface area (Å²) < 4.78 is 9.34. The highest BCUT2D eigenvalue weighted by Crippen LogP contribution is 2.28. The maximum atomic E-state index is 12.8. The quantitative estimate of drug-likeness (QED) is 0.396. The summed E-state index contributed by atoms with van der Waals surface area (Å²) in [5.74, 6) is -0.219. The molecule has 4 aromatic rings. The standard InChI is InChI=1S/C25H27N7O3/c1-16-17(2)30(9-5-8-29-10-12-35-13-11-29)22-21(16)23-27-20(28-32(23)15-26-22)14-31-24(33)18-6-3-4-7-19(18)25(31)34/h3-4,6-7,15H,5,8-14H2,1-2H3. The van der Waals surface area contributed by atoms with E-state index in [-0.39, 0.29) is 18.4 Å². The van der Waals surface area contributed by atoms with Gasteiger partial charge in [-0.05, 0) is 38.0 Å². The number of carbonyl (C=O) groups is 2. The third kappa shape index (κ3) is 3.60. The van der Waals surface area contributed by atoms with Gasteiger partial charge in [-0.1, -0.05) is 12.1 Å². The van der Waals surface area contributed by atoms with Crippen molar-refractivity contribution >= 4 is 28.5 Å². The minimum Gasteiger partial charge on any atom is -0.379 e. The summed E-state index contributed by atoms with van der Waals surface area (Å²) in [4.78, 5) is 38.6. The minimum atomic E-state index is -0.314. The molecule has 1 aromatic carbocycles. The molecule has 10 nitrogen and oxygen atoms in total. The molecule has 3 aromatic heterocycles. The van der Waals surface area contributed by atoms with E-state index in [1.165, 1.54) is 4.90 Å². The second kappa shape index (κ2) is 8.54. The minimum absolute atomic E-state index is 0.0216. The monoisotopic (exact) mass is 473 g/mol. The van der Waals surface area contributed by atoms with Crippen LogP contribution in [0.1, 0.15) is 44.2 Å². The van der Waals surface area contributed by atoms with Crippen LogP contribution in [0.3, 0.4) is 0 Å². The van der Waals surface area contributed by atoms with Crippen LogP contribution in [-0.4, -0.2) is 78.6 Å². The van der Waals surface area contributed by atoms with Crippen molar-refractivity contribution in [1.29, 1.82) is 0 Å². The molecule has 0 N–H and O–H groups in total. The normalized spacial score (nSPS) is 16.7. The Labute approximate surface area is 202 Å². The van der Waals surface area contributed by atoms with E-state index in [0.29, 0.717) is 22.6 Å². The van der Waals surface area contributed by atoms with Gasteiger partial charge in [-0.2, -0.15) is 0 Å². The molecule has 2 aliphatic heterocycles. The number of fused-ring (bicyclic) bond motifs is 4. The van der Waals surface area contributed by atoms with Crippen LogP contribution in [0.25, 0.3) is 16.7 Å². The van der Waals surface area contributed by atoms with E-state index in [4.69, 9.17) is 14.7 Å². The van der Waals surface area contributed by atoms with E-state index in [2.05, 4.69) is 28.4 Å². The Balaban J connectivity index is 1.28. The first kappa shape index (κ1) is 21.9. The Morgan fingerprint density at radius 2 is 1.69 bits per heavy atom. The molecule has 0 aliphatic carbocycles. The van der Waals surface area contributed by atoms with Crippen molar-refractivity contribution < 1.29 is 14.3 Å². The maximum absolute atomic E-state index is 12.8. The number of hydrogen-bond donors (Lipinski definition) is 0. The lowest BCUT2D eigenvalue weighted by atomic mass is 10.1. The van der Waals surface area contributed by atoms with Crippen molar-refractivity contribution in [2.75, 3.05) is 32.8 Å². The molecule has 10 heteroatoms. The van der Waals surface area contributed by atoms with Crippen molar-refractivity contribution in [3.8, 4) is 0 Å². The molecule has 1 saturated heterocycles. The van der Waals surface area contributed by atoms with Gasteiger partial charge in [0.25, 0.3) is 11.8 Å². The predicted octanol–water partition coefficient (Wildman–Crippen LogP) is 2.21. The smallest absolute Gasteiger partial charge is 0.261 e. The second-order valence-corrected chi connectivity index (χ2v) is 9.15. The number of hydrogen-bond acceptors (Lipinski definition) is 7. The SMILES string of the molecule is Cc1c(C)n(CCCN2CCOCC2)c2ncn3nc(CN4C(=O)c5ccccc5C4=O)nc3c12. The van der Waals surface area contributed by atoms with Gasteiger partial charge in [-0.25, -0.2) is 14.5 Å². The number of morpholine rings is 1. The number of rotatable bonds is 6. The topological polar surface area (TPSA) is 97.9 Å². The average Bonchev–Trinajstić information content (AvgIpc) is 3.48. The van der Waals surface area contributed by atoms with Crippen LogP contribution in [0.15, 0.2) is 30.6 Å². The summed E-state index contributed by atoms with van der Waals surface area (Å²) in [5, 5.41) is 5.49.